The highest BCUT2D eigenvalue weighted by Gasteiger charge is 2.14. The molecule has 0 fully saturated rings. The number of halogens is 1. The minimum absolute atomic E-state index is 0.114. The van der Waals surface area contributed by atoms with Gasteiger partial charge in [0.15, 0.2) is 0 Å². The molecule has 1 aromatic heterocycles. The van der Waals surface area contributed by atoms with Crippen LogP contribution in [0.3, 0.4) is 0 Å². The van der Waals surface area contributed by atoms with Gasteiger partial charge in [-0.15, -0.1) is 0 Å². The second kappa shape index (κ2) is 9.02. The van der Waals surface area contributed by atoms with Crippen LogP contribution in [0.2, 0.25) is 0 Å². The Morgan fingerprint density at radius 2 is 1.65 bits per heavy atom. The first-order valence-electron chi connectivity index (χ1n) is 8.35. The van der Waals surface area contributed by atoms with Gasteiger partial charge in [0.1, 0.15) is 11.6 Å². The zero-order valence-electron chi connectivity index (χ0n) is 15.0. The second-order valence-electron chi connectivity index (χ2n) is 5.16. The summed E-state index contributed by atoms with van der Waals surface area (Å²) in [6, 6.07) is 20.5. The highest BCUT2D eigenvalue weighted by atomic mass is 79.9. The van der Waals surface area contributed by atoms with Gasteiger partial charge < -0.3 is 5.32 Å². The zero-order valence-corrected chi connectivity index (χ0v) is 16.5. The standard InChI is InChI=1S/C19H14BrN3O.C2H6/c1-22-17-5-3-2-4-16(17)18-11-6-13(12-21)19(24)23(18)15-9-7-14(20)8-10-15;1-2/h2-11,22H,1H3;1-2H3. The fourth-order valence-electron chi connectivity index (χ4n) is 2.60. The summed E-state index contributed by atoms with van der Waals surface area (Å²) < 4.78 is 2.49. The van der Waals surface area contributed by atoms with E-state index in [-0.39, 0.29) is 11.1 Å². The molecule has 0 spiro atoms. The van der Waals surface area contributed by atoms with Crippen LogP contribution in [0.25, 0.3) is 16.9 Å². The number of para-hydroxylation sites is 1. The number of benzene rings is 2. The van der Waals surface area contributed by atoms with E-state index in [1.165, 1.54) is 0 Å². The molecule has 132 valence electrons. The highest BCUT2D eigenvalue weighted by Crippen LogP contribution is 2.29. The Morgan fingerprint density at radius 3 is 2.27 bits per heavy atom. The summed E-state index contributed by atoms with van der Waals surface area (Å²) in [5.74, 6) is 0. The van der Waals surface area contributed by atoms with Crippen molar-refractivity contribution in [2.45, 2.75) is 13.8 Å². The molecule has 0 aliphatic rings. The van der Waals surface area contributed by atoms with Gasteiger partial charge in [-0.05, 0) is 42.5 Å². The molecule has 4 nitrogen and oxygen atoms in total. The van der Waals surface area contributed by atoms with Gasteiger partial charge in [-0.3, -0.25) is 9.36 Å². The Morgan fingerprint density at radius 1 is 1.00 bits per heavy atom. The molecule has 0 radical (unpaired) electrons. The van der Waals surface area contributed by atoms with Crippen LogP contribution < -0.4 is 10.9 Å². The summed E-state index contributed by atoms with van der Waals surface area (Å²) >= 11 is 3.40. The number of pyridine rings is 1. The summed E-state index contributed by atoms with van der Waals surface area (Å²) in [6.45, 7) is 4.00. The van der Waals surface area contributed by atoms with E-state index in [2.05, 4.69) is 21.2 Å². The van der Waals surface area contributed by atoms with E-state index < -0.39 is 0 Å². The average Bonchev–Trinajstić information content (AvgIpc) is 2.70. The fourth-order valence-corrected chi connectivity index (χ4v) is 2.87. The maximum atomic E-state index is 12.8. The summed E-state index contributed by atoms with van der Waals surface area (Å²) in [4.78, 5) is 12.8. The predicted octanol–water partition coefficient (Wildman–Crippen LogP) is 5.21. The molecule has 0 aliphatic carbocycles. The Balaban J connectivity index is 0.00000117. The lowest BCUT2D eigenvalue weighted by atomic mass is 10.1. The summed E-state index contributed by atoms with van der Waals surface area (Å²) in [6.07, 6.45) is 0. The van der Waals surface area contributed by atoms with Crippen molar-refractivity contribution in [2.24, 2.45) is 0 Å². The monoisotopic (exact) mass is 409 g/mol. The molecular formula is C21H20BrN3O. The number of hydrogen-bond donors (Lipinski definition) is 1. The number of hydrogen-bond acceptors (Lipinski definition) is 3. The lowest BCUT2D eigenvalue weighted by Gasteiger charge is -2.16. The Kier molecular flexibility index (Phi) is 6.76. The first-order valence-corrected chi connectivity index (χ1v) is 9.14. The van der Waals surface area contributed by atoms with Crippen molar-refractivity contribution in [3.8, 4) is 23.0 Å². The number of nitrogens with zero attached hydrogens (tertiary/aromatic N) is 2. The van der Waals surface area contributed by atoms with Gasteiger partial charge in [0.2, 0.25) is 0 Å². The van der Waals surface area contributed by atoms with Gasteiger partial charge >= 0.3 is 0 Å². The highest BCUT2D eigenvalue weighted by molar-refractivity contribution is 9.10. The molecule has 5 heteroatoms. The molecule has 0 saturated carbocycles. The number of nitrogens with one attached hydrogen (secondary N) is 1. The molecule has 0 bridgehead atoms. The van der Waals surface area contributed by atoms with Gasteiger partial charge in [0, 0.05) is 28.5 Å². The van der Waals surface area contributed by atoms with E-state index in [1.54, 1.807) is 16.7 Å². The normalized spacial score (nSPS) is 9.65. The first-order chi connectivity index (χ1) is 12.7. The largest absolute Gasteiger partial charge is 0.388 e. The quantitative estimate of drug-likeness (QED) is 0.645. The summed E-state index contributed by atoms with van der Waals surface area (Å²) in [5.41, 5.74) is 3.02. The number of nitriles is 1. The van der Waals surface area contributed by atoms with E-state index in [9.17, 15) is 10.1 Å². The van der Waals surface area contributed by atoms with Gasteiger partial charge in [0.05, 0.1) is 5.69 Å². The maximum absolute atomic E-state index is 12.8. The van der Waals surface area contributed by atoms with Crippen molar-refractivity contribution in [3.05, 3.63) is 81.1 Å². The minimum atomic E-state index is -0.330. The molecule has 0 unspecified atom stereocenters. The third-order valence-corrected chi connectivity index (χ3v) is 4.29. The third kappa shape index (κ3) is 3.87. The lowest BCUT2D eigenvalue weighted by Crippen LogP contribution is -2.22. The molecule has 1 N–H and O–H groups in total. The third-order valence-electron chi connectivity index (χ3n) is 3.76. The van der Waals surface area contributed by atoms with E-state index in [1.807, 2.05) is 75.5 Å². The molecule has 2 aromatic carbocycles. The SMILES string of the molecule is CC.CNc1ccccc1-c1ccc(C#N)c(=O)n1-c1ccc(Br)cc1. The zero-order chi connectivity index (χ0) is 19.1. The lowest BCUT2D eigenvalue weighted by molar-refractivity contribution is 0.991. The predicted molar refractivity (Wildman–Crippen MR) is 111 cm³/mol. The van der Waals surface area contributed by atoms with Crippen LogP contribution in [0, 0.1) is 11.3 Å². The number of rotatable bonds is 3. The van der Waals surface area contributed by atoms with Crippen LogP contribution >= 0.6 is 15.9 Å². The van der Waals surface area contributed by atoms with E-state index >= 15 is 0 Å². The Bertz CT molecular complexity index is 985. The summed E-state index contributed by atoms with van der Waals surface area (Å²) in [7, 11) is 1.84. The molecule has 0 aliphatic heterocycles. The smallest absolute Gasteiger partial charge is 0.273 e. The molecule has 3 rings (SSSR count). The number of aromatic nitrogens is 1. The van der Waals surface area contributed by atoms with Crippen molar-refractivity contribution >= 4 is 21.6 Å². The van der Waals surface area contributed by atoms with Crippen molar-refractivity contribution in [1.29, 1.82) is 5.26 Å². The van der Waals surface area contributed by atoms with Crippen molar-refractivity contribution in [1.82, 2.24) is 4.57 Å². The molecule has 0 amide bonds. The topological polar surface area (TPSA) is 57.8 Å². The molecule has 26 heavy (non-hydrogen) atoms. The van der Waals surface area contributed by atoms with E-state index in [4.69, 9.17) is 0 Å². The first kappa shape index (κ1) is 19.5. The van der Waals surface area contributed by atoms with Crippen molar-refractivity contribution < 1.29 is 0 Å². The molecule has 3 aromatic rings. The van der Waals surface area contributed by atoms with Gasteiger partial charge in [-0.25, -0.2) is 0 Å². The average molecular weight is 410 g/mol. The Labute approximate surface area is 161 Å². The van der Waals surface area contributed by atoms with Crippen LogP contribution in [0.15, 0.2) is 69.9 Å². The minimum Gasteiger partial charge on any atom is -0.388 e. The van der Waals surface area contributed by atoms with Gasteiger partial charge in [0.25, 0.3) is 5.56 Å². The van der Waals surface area contributed by atoms with Gasteiger partial charge in [-0.1, -0.05) is 48.0 Å². The van der Waals surface area contributed by atoms with Crippen LogP contribution in [-0.4, -0.2) is 11.6 Å². The molecule has 0 atom stereocenters. The fraction of sp³-hybridized carbons (Fsp3) is 0.143. The molecule has 1 heterocycles. The molecular weight excluding hydrogens is 390 g/mol. The van der Waals surface area contributed by atoms with Crippen LogP contribution in [-0.2, 0) is 0 Å². The van der Waals surface area contributed by atoms with E-state index in [0.717, 1.165) is 21.4 Å². The van der Waals surface area contributed by atoms with E-state index in [0.29, 0.717) is 5.69 Å². The number of anilines is 1. The van der Waals surface area contributed by atoms with Gasteiger partial charge in [-0.2, -0.15) is 5.26 Å². The van der Waals surface area contributed by atoms with Crippen molar-refractivity contribution in [2.75, 3.05) is 12.4 Å². The van der Waals surface area contributed by atoms with Crippen molar-refractivity contribution in [3.63, 3.8) is 0 Å². The molecule has 0 saturated heterocycles. The summed E-state index contributed by atoms with van der Waals surface area (Å²) in [5, 5.41) is 12.4. The van der Waals surface area contributed by atoms with Crippen LogP contribution in [0.1, 0.15) is 19.4 Å². The Hall–Kier alpha value is -2.84. The second-order valence-corrected chi connectivity index (χ2v) is 6.07. The van der Waals surface area contributed by atoms with Crippen LogP contribution in [0.5, 0.6) is 0 Å². The maximum Gasteiger partial charge on any atom is 0.273 e. The van der Waals surface area contributed by atoms with Crippen LogP contribution in [0.4, 0.5) is 5.69 Å².